The first-order valence-electron chi connectivity index (χ1n) is 10.9. The molecule has 0 radical (unpaired) electrons. The average Bonchev–Trinajstić information content (AvgIpc) is 2.82. The first-order chi connectivity index (χ1) is 14.9. The summed E-state index contributed by atoms with van der Waals surface area (Å²) >= 11 is 0. The van der Waals surface area contributed by atoms with Crippen LogP contribution in [0.1, 0.15) is 36.8 Å². The summed E-state index contributed by atoms with van der Waals surface area (Å²) in [6.07, 6.45) is 8.82. The topological polar surface area (TPSA) is 24.7 Å². The fourth-order valence-electron chi connectivity index (χ4n) is 4.52. The van der Waals surface area contributed by atoms with Crippen molar-refractivity contribution in [2.24, 2.45) is 9.98 Å². The molecule has 0 spiro atoms. The predicted molar refractivity (Wildman–Crippen MR) is 129 cm³/mol. The molecule has 0 amide bonds. The normalized spacial score (nSPS) is 19.9. The predicted octanol–water partition coefficient (Wildman–Crippen LogP) is 6.84. The number of aliphatic imine (C=N–C) groups is 2. The second-order valence-electron chi connectivity index (χ2n) is 8.11. The third-order valence-electron chi connectivity index (χ3n) is 6.15. The molecule has 0 N–H and O–H groups in total. The zero-order valence-electron chi connectivity index (χ0n) is 17.1. The van der Waals surface area contributed by atoms with Gasteiger partial charge in [-0.25, -0.2) is 0 Å². The zero-order chi connectivity index (χ0) is 20.2. The lowest BCUT2D eigenvalue weighted by molar-refractivity contribution is 0.390. The first-order valence-corrected chi connectivity index (χ1v) is 10.9. The number of hydrogen-bond donors (Lipinski definition) is 0. The van der Waals surface area contributed by atoms with Crippen molar-refractivity contribution in [3.63, 3.8) is 0 Å². The molecule has 0 aliphatic heterocycles. The van der Waals surface area contributed by atoms with Crippen LogP contribution in [0.3, 0.4) is 0 Å². The Hall–Kier alpha value is -3.26. The van der Waals surface area contributed by atoms with Crippen LogP contribution in [0.4, 0.5) is 0 Å². The molecule has 2 atom stereocenters. The molecule has 4 aromatic rings. The van der Waals surface area contributed by atoms with E-state index in [2.05, 4.69) is 97.4 Å². The molecule has 1 aliphatic rings. The van der Waals surface area contributed by atoms with Gasteiger partial charge < -0.3 is 0 Å². The van der Waals surface area contributed by atoms with Crippen LogP contribution in [0, 0.1) is 0 Å². The van der Waals surface area contributed by atoms with E-state index in [1.807, 2.05) is 0 Å². The van der Waals surface area contributed by atoms with Crippen molar-refractivity contribution in [1.29, 1.82) is 0 Å². The summed E-state index contributed by atoms with van der Waals surface area (Å²) in [5.41, 5.74) is 2.38. The zero-order valence-corrected chi connectivity index (χ0v) is 17.1. The first kappa shape index (κ1) is 18.7. The Morgan fingerprint density at radius 2 is 0.967 bits per heavy atom. The van der Waals surface area contributed by atoms with Crippen LogP contribution >= 0.6 is 0 Å². The highest BCUT2D eigenvalue weighted by molar-refractivity contribution is 6.00. The minimum atomic E-state index is 0.254. The fraction of sp³-hybridized carbons (Fsp3) is 0.214. The van der Waals surface area contributed by atoms with Gasteiger partial charge in [-0.15, -0.1) is 0 Å². The van der Waals surface area contributed by atoms with Crippen molar-refractivity contribution < 1.29 is 0 Å². The molecular weight excluding hydrogens is 364 g/mol. The SMILES string of the molecule is C(=N[C@@H]1CCCC[C@H]1N=Cc1cccc2ccccc12)c1cccc2ccccc12. The van der Waals surface area contributed by atoms with Crippen LogP contribution in [0.25, 0.3) is 21.5 Å². The van der Waals surface area contributed by atoms with Crippen molar-refractivity contribution in [2.45, 2.75) is 37.8 Å². The monoisotopic (exact) mass is 390 g/mol. The summed E-state index contributed by atoms with van der Waals surface area (Å²) < 4.78 is 0. The second-order valence-corrected chi connectivity index (χ2v) is 8.11. The molecular formula is C28H26N2. The Kier molecular flexibility index (Phi) is 5.39. The Labute approximate surface area is 178 Å². The Balaban J connectivity index is 1.40. The van der Waals surface area contributed by atoms with Crippen LogP contribution in [-0.2, 0) is 0 Å². The van der Waals surface area contributed by atoms with E-state index >= 15 is 0 Å². The summed E-state index contributed by atoms with van der Waals surface area (Å²) in [5, 5.41) is 5.04. The van der Waals surface area contributed by atoms with E-state index in [-0.39, 0.29) is 12.1 Å². The van der Waals surface area contributed by atoms with Crippen molar-refractivity contribution in [1.82, 2.24) is 0 Å². The number of rotatable bonds is 4. The molecule has 0 bridgehead atoms. The maximum atomic E-state index is 5.02. The lowest BCUT2D eigenvalue weighted by Crippen LogP contribution is -2.27. The second kappa shape index (κ2) is 8.62. The van der Waals surface area contributed by atoms with Gasteiger partial charge in [-0.3, -0.25) is 9.98 Å². The highest BCUT2D eigenvalue weighted by Crippen LogP contribution is 2.25. The van der Waals surface area contributed by atoms with Gasteiger partial charge in [-0.2, -0.15) is 0 Å². The van der Waals surface area contributed by atoms with E-state index in [4.69, 9.17) is 9.98 Å². The van der Waals surface area contributed by atoms with Gasteiger partial charge in [0.05, 0.1) is 12.1 Å². The molecule has 1 aliphatic carbocycles. The third-order valence-corrected chi connectivity index (χ3v) is 6.15. The molecule has 1 saturated carbocycles. The van der Waals surface area contributed by atoms with Gasteiger partial charge in [0.15, 0.2) is 0 Å². The average molecular weight is 391 g/mol. The van der Waals surface area contributed by atoms with Gasteiger partial charge in [0.25, 0.3) is 0 Å². The van der Waals surface area contributed by atoms with E-state index in [9.17, 15) is 0 Å². The maximum absolute atomic E-state index is 5.02. The molecule has 5 rings (SSSR count). The van der Waals surface area contributed by atoms with Crippen LogP contribution < -0.4 is 0 Å². The molecule has 1 fully saturated rings. The smallest absolute Gasteiger partial charge is 0.0723 e. The minimum absolute atomic E-state index is 0.254. The van der Waals surface area contributed by atoms with Crippen molar-refractivity contribution in [2.75, 3.05) is 0 Å². The van der Waals surface area contributed by atoms with Crippen molar-refractivity contribution in [3.8, 4) is 0 Å². The third kappa shape index (κ3) is 3.91. The summed E-state index contributed by atoms with van der Waals surface area (Å²) in [6, 6.07) is 30.4. The lowest BCUT2D eigenvalue weighted by Gasteiger charge is -2.25. The fourth-order valence-corrected chi connectivity index (χ4v) is 4.52. The van der Waals surface area contributed by atoms with Crippen LogP contribution in [0.5, 0.6) is 0 Å². The Morgan fingerprint density at radius 1 is 0.533 bits per heavy atom. The largest absolute Gasteiger partial charge is 0.287 e. The van der Waals surface area contributed by atoms with Crippen molar-refractivity contribution >= 4 is 34.0 Å². The van der Waals surface area contributed by atoms with Gasteiger partial charge in [0.2, 0.25) is 0 Å². The molecule has 0 heterocycles. The summed E-state index contributed by atoms with van der Waals surface area (Å²) in [6.45, 7) is 0. The molecule has 4 aromatic carbocycles. The summed E-state index contributed by atoms with van der Waals surface area (Å²) in [5.74, 6) is 0. The number of fused-ring (bicyclic) bond motifs is 2. The summed E-state index contributed by atoms with van der Waals surface area (Å²) in [7, 11) is 0. The maximum Gasteiger partial charge on any atom is 0.0723 e. The van der Waals surface area contributed by atoms with Gasteiger partial charge in [-0.1, -0.05) is 97.8 Å². The highest BCUT2D eigenvalue weighted by atomic mass is 14.9. The molecule has 0 saturated heterocycles. The number of benzene rings is 4. The van der Waals surface area contributed by atoms with Gasteiger partial charge in [-0.05, 0) is 34.4 Å². The van der Waals surface area contributed by atoms with E-state index in [0.717, 1.165) is 12.8 Å². The standard InChI is InChI=1S/C28H26N2/c1-3-15-25-21(9-1)11-7-13-23(25)19-29-27-17-5-6-18-28(27)30-20-24-14-8-12-22-10-2-4-16-26(22)24/h1-4,7-16,19-20,27-28H,5-6,17-18H2/t27-,28-/m1/s1. The van der Waals surface area contributed by atoms with E-state index in [1.165, 1.54) is 45.5 Å². The van der Waals surface area contributed by atoms with E-state index < -0.39 is 0 Å². The highest BCUT2D eigenvalue weighted by Gasteiger charge is 2.23. The Bertz CT molecular complexity index is 1110. The Morgan fingerprint density at radius 3 is 1.47 bits per heavy atom. The van der Waals surface area contributed by atoms with Gasteiger partial charge in [0.1, 0.15) is 0 Å². The molecule has 30 heavy (non-hydrogen) atoms. The van der Waals surface area contributed by atoms with Crippen LogP contribution in [0.2, 0.25) is 0 Å². The van der Waals surface area contributed by atoms with Gasteiger partial charge in [0, 0.05) is 23.6 Å². The van der Waals surface area contributed by atoms with Crippen LogP contribution in [-0.4, -0.2) is 24.5 Å². The lowest BCUT2D eigenvalue weighted by atomic mass is 9.91. The summed E-state index contributed by atoms with van der Waals surface area (Å²) in [4.78, 5) is 10.0. The molecule has 0 unspecified atom stereocenters. The number of nitrogens with zero attached hydrogens (tertiary/aromatic N) is 2. The van der Waals surface area contributed by atoms with E-state index in [1.54, 1.807) is 0 Å². The molecule has 2 heteroatoms. The molecule has 2 nitrogen and oxygen atoms in total. The van der Waals surface area contributed by atoms with E-state index in [0.29, 0.717) is 0 Å². The van der Waals surface area contributed by atoms with Gasteiger partial charge >= 0.3 is 0 Å². The quantitative estimate of drug-likeness (QED) is 0.341. The molecule has 0 aromatic heterocycles. The minimum Gasteiger partial charge on any atom is -0.287 e. The molecule has 148 valence electrons. The number of hydrogen-bond acceptors (Lipinski definition) is 2. The van der Waals surface area contributed by atoms with Crippen molar-refractivity contribution in [3.05, 3.63) is 96.1 Å². The van der Waals surface area contributed by atoms with Crippen LogP contribution in [0.15, 0.2) is 94.9 Å².